The van der Waals surface area contributed by atoms with Crippen LogP contribution >= 0.6 is 0 Å². The molecular weight excluding hydrogens is 258 g/mol. The highest BCUT2D eigenvalue weighted by atomic mass is 16.5. The van der Waals surface area contributed by atoms with E-state index in [2.05, 4.69) is 60.7 Å². The molecule has 0 spiro atoms. The van der Waals surface area contributed by atoms with Crippen molar-refractivity contribution < 1.29 is 4.74 Å². The van der Waals surface area contributed by atoms with E-state index in [4.69, 9.17) is 4.74 Å². The van der Waals surface area contributed by atoms with Crippen molar-refractivity contribution in [2.24, 2.45) is 23.2 Å². The average molecular weight is 298 g/mol. The molecule has 21 heavy (non-hydrogen) atoms. The van der Waals surface area contributed by atoms with Crippen LogP contribution < -0.4 is 5.32 Å². The highest BCUT2D eigenvalue weighted by molar-refractivity contribution is 4.83. The summed E-state index contributed by atoms with van der Waals surface area (Å²) in [6.45, 7) is 20.2. The van der Waals surface area contributed by atoms with E-state index in [1.165, 1.54) is 19.3 Å². The number of nitrogens with one attached hydrogen (secondary N) is 1. The number of rotatable bonds is 6. The smallest absolute Gasteiger partial charge is 0.0608 e. The molecule has 0 aliphatic heterocycles. The van der Waals surface area contributed by atoms with Crippen LogP contribution in [0.1, 0.15) is 74.7 Å². The summed E-state index contributed by atoms with van der Waals surface area (Å²) in [6.07, 6.45) is 4.41. The van der Waals surface area contributed by atoms with Crippen molar-refractivity contribution in [2.75, 3.05) is 13.2 Å². The van der Waals surface area contributed by atoms with Crippen molar-refractivity contribution in [3.8, 4) is 0 Å². The molecule has 0 radical (unpaired) electrons. The van der Waals surface area contributed by atoms with Crippen molar-refractivity contribution in [2.45, 2.75) is 86.3 Å². The molecule has 1 aliphatic carbocycles. The molecule has 0 bridgehead atoms. The maximum atomic E-state index is 6.42. The molecule has 1 aliphatic rings. The van der Waals surface area contributed by atoms with Gasteiger partial charge in [-0.1, -0.05) is 41.0 Å². The first-order valence-corrected chi connectivity index (χ1v) is 8.87. The van der Waals surface area contributed by atoms with Crippen molar-refractivity contribution >= 4 is 0 Å². The van der Waals surface area contributed by atoms with E-state index >= 15 is 0 Å². The van der Waals surface area contributed by atoms with E-state index in [1.54, 1.807) is 0 Å². The zero-order valence-corrected chi connectivity index (χ0v) is 15.8. The van der Waals surface area contributed by atoms with E-state index < -0.39 is 0 Å². The Morgan fingerprint density at radius 3 is 2.24 bits per heavy atom. The molecule has 0 aromatic carbocycles. The second kappa shape index (κ2) is 7.46. The molecule has 3 unspecified atom stereocenters. The summed E-state index contributed by atoms with van der Waals surface area (Å²) >= 11 is 0. The van der Waals surface area contributed by atoms with Crippen molar-refractivity contribution in [3.05, 3.63) is 0 Å². The summed E-state index contributed by atoms with van der Waals surface area (Å²) in [5, 5.41) is 3.61. The fraction of sp³-hybridized carbons (Fsp3) is 1.00. The molecule has 1 N–H and O–H groups in total. The van der Waals surface area contributed by atoms with Crippen LogP contribution in [0.5, 0.6) is 0 Å². The standard InChI is InChI=1S/C19H39NO/c1-14(2)16-10-9-15(3)11-17(16)21-13-19(7,8)12-20-18(4,5)6/h14-17,20H,9-13H2,1-8H3. The van der Waals surface area contributed by atoms with Gasteiger partial charge in [0, 0.05) is 17.5 Å². The van der Waals surface area contributed by atoms with Crippen molar-refractivity contribution in [1.82, 2.24) is 5.32 Å². The van der Waals surface area contributed by atoms with E-state index in [-0.39, 0.29) is 11.0 Å². The lowest BCUT2D eigenvalue weighted by Gasteiger charge is -2.39. The number of ether oxygens (including phenoxy) is 1. The summed E-state index contributed by atoms with van der Waals surface area (Å²) in [5.74, 6) is 2.30. The average Bonchev–Trinajstić information content (AvgIpc) is 2.33. The zero-order valence-electron chi connectivity index (χ0n) is 15.8. The number of hydrogen-bond donors (Lipinski definition) is 1. The van der Waals surface area contributed by atoms with Gasteiger partial charge in [-0.05, 0) is 51.4 Å². The molecule has 2 nitrogen and oxygen atoms in total. The van der Waals surface area contributed by atoms with E-state index in [9.17, 15) is 0 Å². The van der Waals surface area contributed by atoms with Crippen LogP contribution in [0, 0.1) is 23.2 Å². The maximum Gasteiger partial charge on any atom is 0.0608 e. The van der Waals surface area contributed by atoms with E-state index in [0.29, 0.717) is 6.10 Å². The van der Waals surface area contributed by atoms with Gasteiger partial charge in [0.1, 0.15) is 0 Å². The Balaban J connectivity index is 2.50. The highest BCUT2D eigenvalue weighted by Gasteiger charge is 2.33. The third-order valence-corrected chi connectivity index (χ3v) is 4.75. The molecule has 3 atom stereocenters. The van der Waals surface area contributed by atoms with Crippen LogP contribution in [0.15, 0.2) is 0 Å². The number of hydrogen-bond acceptors (Lipinski definition) is 2. The fourth-order valence-corrected chi connectivity index (χ4v) is 3.19. The van der Waals surface area contributed by atoms with Crippen LogP contribution in [-0.2, 0) is 4.74 Å². The Hall–Kier alpha value is -0.0800. The fourth-order valence-electron chi connectivity index (χ4n) is 3.19. The second-order valence-electron chi connectivity index (χ2n) is 9.44. The van der Waals surface area contributed by atoms with Gasteiger partial charge in [0.25, 0.3) is 0 Å². The van der Waals surface area contributed by atoms with Gasteiger partial charge in [0.2, 0.25) is 0 Å². The molecule has 1 saturated carbocycles. The Morgan fingerprint density at radius 2 is 1.71 bits per heavy atom. The predicted molar refractivity (Wildman–Crippen MR) is 92.6 cm³/mol. The van der Waals surface area contributed by atoms with Gasteiger partial charge >= 0.3 is 0 Å². The van der Waals surface area contributed by atoms with Crippen LogP contribution in [0.3, 0.4) is 0 Å². The lowest BCUT2D eigenvalue weighted by molar-refractivity contribution is -0.0662. The Kier molecular flexibility index (Phi) is 6.74. The van der Waals surface area contributed by atoms with Gasteiger partial charge in [-0.25, -0.2) is 0 Å². The maximum absolute atomic E-state index is 6.42. The first-order chi connectivity index (χ1) is 9.50. The molecule has 1 fully saturated rings. The SMILES string of the molecule is CC1CCC(C(C)C)C(OCC(C)(C)CNC(C)(C)C)C1. The third kappa shape index (κ3) is 7.15. The summed E-state index contributed by atoms with van der Waals surface area (Å²) in [4.78, 5) is 0. The lowest BCUT2D eigenvalue weighted by Crippen LogP contribution is -2.44. The molecule has 126 valence electrons. The molecule has 2 heteroatoms. The topological polar surface area (TPSA) is 21.3 Å². The largest absolute Gasteiger partial charge is 0.377 e. The van der Waals surface area contributed by atoms with Crippen molar-refractivity contribution in [3.63, 3.8) is 0 Å². The molecule has 1 rings (SSSR count). The minimum atomic E-state index is 0.178. The van der Waals surface area contributed by atoms with Crippen molar-refractivity contribution in [1.29, 1.82) is 0 Å². The lowest BCUT2D eigenvalue weighted by atomic mass is 9.75. The van der Waals surface area contributed by atoms with Gasteiger partial charge in [0.15, 0.2) is 0 Å². The molecular formula is C19H39NO. The van der Waals surface area contributed by atoms with Gasteiger partial charge in [0.05, 0.1) is 12.7 Å². The third-order valence-electron chi connectivity index (χ3n) is 4.75. The van der Waals surface area contributed by atoms with Gasteiger partial charge in [-0.15, -0.1) is 0 Å². The molecule has 0 saturated heterocycles. The first kappa shape index (κ1) is 19.0. The zero-order chi connectivity index (χ0) is 16.3. The normalized spacial score (nSPS) is 28.1. The van der Waals surface area contributed by atoms with E-state index in [1.807, 2.05) is 0 Å². The van der Waals surface area contributed by atoms with Gasteiger partial charge < -0.3 is 10.1 Å². The monoisotopic (exact) mass is 297 g/mol. The minimum Gasteiger partial charge on any atom is -0.377 e. The Morgan fingerprint density at radius 1 is 1.10 bits per heavy atom. The molecule has 0 amide bonds. The van der Waals surface area contributed by atoms with Gasteiger partial charge in [-0.3, -0.25) is 0 Å². The van der Waals surface area contributed by atoms with Crippen LogP contribution in [0.2, 0.25) is 0 Å². The highest BCUT2D eigenvalue weighted by Crippen LogP contribution is 2.36. The first-order valence-electron chi connectivity index (χ1n) is 8.87. The Labute approximate surface area is 133 Å². The molecule has 0 aromatic rings. The summed E-state index contributed by atoms with van der Waals surface area (Å²) in [7, 11) is 0. The minimum absolute atomic E-state index is 0.178. The summed E-state index contributed by atoms with van der Waals surface area (Å²) < 4.78 is 6.42. The Bertz CT molecular complexity index is 303. The predicted octanol–water partition coefficient (Wildman–Crippen LogP) is 4.88. The molecule has 0 heterocycles. The summed E-state index contributed by atoms with van der Waals surface area (Å²) in [6, 6.07) is 0. The van der Waals surface area contributed by atoms with E-state index in [0.717, 1.165) is 30.9 Å². The second-order valence-corrected chi connectivity index (χ2v) is 9.44. The molecule has 0 aromatic heterocycles. The van der Waals surface area contributed by atoms with Gasteiger partial charge in [-0.2, -0.15) is 0 Å². The quantitative estimate of drug-likeness (QED) is 0.754. The van der Waals surface area contributed by atoms with Crippen LogP contribution in [0.4, 0.5) is 0 Å². The summed E-state index contributed by atoms with van der Waals surface area (Å²) in [5.41, 5.74) is 0.368. The van der Waals surface area contributed by atoms with Crippen LogP contribution in [0.25, 0.3) is 0 Å². The van der Waals surface area contributed by atoms with Crippen LogP contribution in [-0.4, -0.2) is 24.8 Å².